The summed E-state index contributed by atoms with van der Waals surface area (Å²) in [6.45, 7) is 0. The standard InChI is InChI=1S/C19H21FN4O2/c20-15-3-5-16(6-4-15)24-11-21-10-17(24)19(26)23-22-18(25)9-14-8-12-1-2-13(14)7-12/h3-6,10-14H,1-2,7-9H2,(H,22,25)(H,23,26)/t12-,13+,14-/m0/s1. The third-order valence-electron chi connectivity index (χ3n) is 5.62. The molecule has 0 radical (unpaired) electrons. The Hall–Kier alpha value is -2.70. The van der Waals surface area contributed by atoms with Crippen LogP contribution in [0.1, 0.15) is 42.6 Å². The van der Waals surface area contributed by atoms with Gasteiger partial charge in [0, 0.05) is 12.1 Å². The molecule has 0 aliphatic heterocycles. The summed E-state index contributed by atoms with van der Waals surface area (Å²) in [5.41, 5.74) is 5.83. The lowest BCUT2D eigenvalue weighted by molar-refractivity contribution is -0.123. The zero-order valence-electron chi connectivity index (χ0n) is 14.3. The first-order valence-electron chi connectivity index (χ1n) is 8.97. The van der Waals surface area contributed by atoms with E-state index in [1.807, 2.05) is 0 Å². The van der Waals surface area contributed by atoms with Crippen LogP contribution in [0, 0.1) is 23.6 Å². The predicted octanol–water partition coefficient (Wildman–Crippen LogP) is 2.60. The van der Waals surface area contributed by atoms with Crippen LogP contribution < -0.4 is 10.9 Å². The highest BCUT2D eigenvalue weighted by molar-refractivity contribution is 5.94. The van der Waals surface area contributed by atoms with Crippen molar-refractivity contribution >= 4 is 11.8 Å². The highest BCUT2D eigenvalue weighted by atomic mass is 19.1. The number of hydrogen-bond donors (Lipinski definition) is 2. The van der Waals surface area contributed by atoms with Crippen LogP contribution >= 0.6 is 0 Å². The number of amides is 2. The van der Waals surface area contributed by atoms with E-state index in [9.17, 15) is 14.0 Å². The summed E-state index contributed by atoms with van der Waals surface area (Å²) in [6.07, 6.45) is 8.24. The number of nitrogens with one attached hydrogen (secondary N) is 2. The molecule has 2 saturated carbocycles. The molecular weight excluding hydrogens is 335 g/mol. The molecule has 3 atom stereocenters. The Bertz CT molecular complexity index is 817. The van der Waals surface area contributed by atoms with E-state index >= 15 is 0 Å². The molecule has 2 bridgehead atoms. The molecule has 0 unspecified atom stereocenters. The number of fused-ring (bicyclic) bond motifs is 2. The number of hydrogen-bond acceptors (Lipinski definition) is 3. The number of rotatable bonds is 4. The maximum Gasteiger partial charge on any atom is 0.288 e. The van der Waals surface area contributed by atoms with Gasteiger partial charge in [-0.3, -0.25) is 25.0 Å². The van der Waals surface area contributed by atoms with E-state index in [0.717, 1.165) is 12.3 Å². The van der Waals surface area contributed by atoms with Gasteiger partial charge in [0.15, 0.2) is 0 Å². The molecule has 136 valence electrons. The van der Waals surface area contributed by atoms with Crippen LogP contribution in [0.3, 0.4) is 0 Å². The topological polar surface area (TPSA) is 76.0 Å². The molecule has 2 aliphatic carbocycles. The Balaban J connectivity index is 1.34. The summed E-state index contributed by atoms with van der Waals surface area (Å²) >= 11 is 0. The third-order valence-corrected chi connectivity index (χ3v) is 5.62. The quantitative estimate of drug-likeness (QED) is 0.827. The molecule has 2 aliphatic rings. The van der Waals surface area contributed by atoms with Crippen LogP contribution in [0.4, 0.5) is 4.39 Å². The van der Waals surface area contributed by atoms with Crippen molar-refractivity contribution in [2.75, 3.05) is 0 Å². The second kappa shape index (κ2) is 6.90. The van der Waals surface area contributed by atoms with Crippen molar-refractivity contribution in [3.05, 3.63) is 48.3 Å². The summed E-state index contributed by atoms with van der Waals surface area (Å²) in [7, 11) is 0. The molecule has 26 heavy (non-hydrogen) atoms. The van der Waals surface area contributed by atoms with Crippen LogP contribution in [0.5, 0.6) is 0 Å². The molecule has 2 aromatic rings. The molecule has 0 saturated heterocycles. The summed E-state index contributed by atoms with van der Waals surface area (Å²) in [5, 5.41) is 0. The average Bonchev–Trinajstić information content (AvgIpc) is 3.37. The maximum absolute atomic E-state index is 13.1. The van der Waals surface area contributed by atoms with Crippen LogP contribution in [-0.2, 0) is 4.79 Å². The summed E-state index contributed by atoms with van der Waals surface area (Å²) in [5.74, 6) is 0.916. The smallest absolute Gasteiger partial charge is 0.288 e. The van der Waals surface area contributed by atoms with Gasteiger partial charge in [0.25, 0.3) is 5.91 Å². The van der Waals surface area contributed by atoms with E-state index in [-0.39, 0.29) is 17.4 Å². The number of hydrazine groups is 1. The number of carbonyl (C=O) groups excluding carboxylic acids is 2. The van der Waals surface area contributed by atoms with Gasteiger partial charge in [0.2, 0.25) is 5.91 Å². The van der Waals surface area contributed by atoms with E-state index in [4.69, 9.17) is 0 Å². The minimum atomic E-state index is -0.465. The van der Waals surface area contributed by atoms with Crippen LogP contribution in [-0.4, -0.2) is 21.4 Å². The summed E-state index contributed by atoms with van der Waals surface area (Å²) < 4.78 is 14.6. The fourth-order valence-electron chi connectivity index (χ4n) is 4.38. The van der Waals surface area contributed by atoms with Gasteiger partial charge in [-0.15, -0.1) is 0 Å². The van der Waals surface area contributed by atoms with Gasteiger partial charge in [0.05, 0.1) is 12.5 Å². The first-order valence-corrected chi connectivity index (χ1v) is 8.97. The van der Waals surface area contributed by atoms with Crippen molar-refractivity contribution in [3.63, 3.8) is 0 Å². The number of imidazole rings is 1. The molecule has 1 aromatic carbocycles. The van der Waals surface area contributed by atoms with Gasteiger partial charge in [-0.25, -0.2) is 9.37 Å². The zero-order chi connectivity index (χ0) is 18.1. The highest BCUT2D eigenvalue weighted by Gasteiger charge is 2.40. The lowest BCUT2D eigenvalue weighted by Crippen LogP contribution is -2.43. The Morgan fingerprint density at radius 2 is 1.96 bits per heavy atom. The van der Waals surface area contributed by atoms with Crippen molar-refractivity contribution < 1.29 is 14.0 Å². The number of nitrogens with zero attached hydrogens (tertiary/aromatic N) is 2. The Labute approximate surface area is 150 Å². The average molecular weight is 356 g/mol. The van der Waals surface area contributed by atoms with Crippen molar-refractivity contribution in [2.24, 2.45) is 17.8 Å². The van der Waals surface area contributed by atoms with Gasteiger partial charge in [0.1, 0.15) is 11.5 Å². The molecule has 2 fully saturated rings. The summed E-state index contributed by atoms with van der Waals surface area (Å²) in [6, 6.07) is 5.74. The van der Waals surface area contributed by atoms with Crippen LogP contribution in [0.25, 0.3) is 5.69 Å². The third kappa shape index (κ3) is 3.34. The fraction of sp³-hybridized carbons (Fsp3) is 0.421. The minimum absolute atomic E-state index is 0.163. The van der Waals surface area contributed by atoms with E-state index in [1.165, 1.54) is 48.5 Å². The first kappa shape index (κ1) is 16.8. The van der Waals surface area contributed by atoms with Gasteiger partial charge >= 0.3 is 0 Å². The van der Waals surface area contributed by atoms with Crippen molar-refractivity contribution in [3.8, 4) is 5.69 Å². The zero-order valence-corrected chi connectivity index (χ0v) is 14.3. The molecule has 1 heterocycles. The normalized spacial score (nSPS) is 23.8. The molecule has 2 N–H and O–H groups in total. The molecule has 1 aromatic heterocycles. The Morgan fingerprint density at radius 3 is 2.65 bits per heavy atom. The second-order valence-electron chi connectivity index (χ2n) is 7.27. The van der Waals surface area contributed by atoms with Gasteiger partial charge in [-0.1, -0.05) is 6.42 Å². The van der Waals surface area contributed by atoms with Crippen molar-refractivity contribution in [2.45, 2.75) is 32.1 Å². The SMILES string of the molecule is O=C(C[C@@H]1C[C@H]2CC[C@@H]1C2)NNC(=O)c1cncn1-c1ccc(F)cc1. The maximum atomic E-state index is 13.1. The molecule has 0 spiro atoms. The number of aromatic nitrogens is 2. The van der Waals surface area contributed by atoms with Gasteiger partial charge in [-0.2, -0.15) is 0 Å². The molecule has 2 amide bonds. The highest BCUT2D eigenvalue weighted by Crippen LogP contribution is 2.49. The first-order chi connectivity index (χ1) is 12.6. The predicted molar refractivity (Wildman–Crippen MR) is 92.7 cm³/mol. The fourth-order valence-corrected chi connectivity index (χ4v) is 4.38. The molecular formula is C19H21FN4O2. The Morgan fingerprint density at radius 1 is 1.15 bits per heavy atom. The van der Waals surface area contributed by atoms with Gasteiger partial charge < -0.3 is 0 Å². The van der Waals surface area contributed by atoms with Crippen LogP contribution in [0.15, 0.2) is 36.8 Å². The van der Waals surface area contributed by atoms with E-state index in [1.54, 1.807) is 12.1 Å². The summed E-state index contributed by atoms with van der Waals surface area (Å²) in [4.78, 5) is 28.5. The molecule has 7 heteroatoms. The lowest BCUT2D eigenvalue weighted by Gasteiger charge is -2.20. The van der Waals surface area contributed by atoms with E-state index in [0.29, 0.717) is 23.9 Å². The number of halogens is 1. The van der Waals surface area contributed by atoms with Crippen molar-refractivity contribution in [1.29, 1.82) is 0 Å². The van der Waals surface area contributed by atoms with Crippen LogP contribution in [0.2, 0.25) is 0 Å². The van der Waals surface area contributed by atoms with E-state index in [2.05, 4.69) is 15.8 Å². The largest absolute Gasteiger partial charge is 0.295 e. The number of carbonyl (C=O) groups is 2. The lowest BCUT2D eigenvalue weighted by atomic mass is 9.86. The number of benzene rings is 1. The monoisotopic (exact) mass is 356 g/mol. The second-order valence-corrected chi connectivity index (χ2v) is 7.27. The van der Waals surface area contributed by atoms with Gasteiger partial charge in [-0.05, 0) is 61.3 Å². The Kier molecular flexibility index (Phi) is 4.44. The minimum Gasteiger partial charge on any atom is -0.295 e. The molecule has 4 rings (SSSR count). The van der Waals surface area contributed by atoms with Crippen molar-refractivity contribution in [1.82, 2.24) is 20.4 Å². The molecule has 6 nitrogen and oxygen atoms in total. The van der Waals surface area contributed by atoms with E-state index < -0.39 is 5.91 Å².